The van der Waals surface area contributed by atoms with Gasteiger partial charge in [0.15, 0.2) is 4.34 Å². The summed E-state index contributed by atoms with van der Waals surface area (Å²) in [5.41, 5.74) is 1.89. The molecule has 0 spiro atoms. The first kappa shape index (κ1) is 15.7. The lowest BCUT2D eigenvalue weighted by atomic mass is 10.3. The van der Waals surface area contributed by atoms with E-state index in [2.05, 4.69) is 10.3 Å². The molecule has 0 saturated carbocycles. The second-order valence-corrected chi connectivity index (χ2v) is 8.31. The number of hydrogen-bond donors (Lipinski definition) is 1. The van der Waals surface area contributed by atoms with Crippen LogP contribution in [-0.2, 0) is 0 Å². The van der Waals surface area contributed by atoms with E-state index in [1.165, 1.54) is 0 Å². The van der Waals surface area contributed by atoms with Crippen molar-refractivity contribution in [2.75, 3.05) is 29.9 Å². The molecule has 0 atom stereocenters. The highest BCUT2D eigenvalue weighted by atomic mass is 32.2. The lowest BCUT2D eigenvalue weighted by Gasteiger charge is -2.26. The molecule has 1 N–H and O–H groups in total. The molecular weight excluding hydrogens is 334 g/mol. The predicted octanol–water partition coefficient (Wildman–Crippen LogP) is 4.18. The number of thioether (sulfide) groups is 1. The summed E-state index contributed by atoms with van der Waals surface area (Å²) in [5.74, 6) is 2.05. The molecule has 2 amide bonds. The van der Waals surface area contributed by atoms with Crippen molar-refractivity contribution in [2.24, 2.45) is 0 Å². The number of aromatic nitrogens is 1. The monoisotopic (exact) mass is 351 g/mol. The van der Waals surface area contributed by atoms with E-state index in [0.29, 0.717) is 0 Å². The van der Waals surface area contributed by atoms with Crippen LogP contribution in [0.4, 0.5) is 10.5 Å². The summed E-state index contributed by atoms with van der Waals surface area (Å²) in [6.07, 6.45) is 0. The fourth-order valence-corrected chi connectivity index (χ4v) is 4.77. The molecule has 1 aliphatic rings. The van der Waals surface area contributed by atoms with Crippen LogP contribution in [-0.4, -0.2) is 40.5 Å². The maximum atomic E-state index is 12.1. The Labute approximate surface area is 142 Å². The molecular formula is C15H17N3OS3. The number of hydrogen-bond acceptors (Lipinski definition) is 5. The molecule has 3 rings (SSSR count). The third-order valence-corrected chi connectivity index (χ3v) is 6.21. The van der Waals surface area contributed by atoms with Gasteiger partial charge in [-0.15, -0.1) is 11.3 Å². The molecule has 7 heteroatoms. The van der Waals surface area contributed by atoms with Gasteiger partial charge >= 0.3 is 6.03 Å². The first-order valence-corrected chi connectivity index (χ1v) is 9.89. The Morgan fingerprint density at radius 2 is 2.00 bits per heavy atom. The van der Waals surface area contributed by atoms with Crippen LogP contribution in [0, 0.1) is 6.92 Å². The number of thiazole rings is 1. The van der Waals surface area contributed by atoms with E-state index in [9.17, 15) is 4.79 Å². The van der Waals surface area contributed by atoms with E-state index in [1.54, 1.807) is 23.1 Å². The Bertz CT molecular complexity index is 636. The molecule has 22 heavy (non-hydrogen) atoms. The highest BCUT2D eigenvalue weighted by Crippen LogP contribution is 2.30. The Morgan fingerprint density at radius 1 is 1.27 bits per heavy atom. The highest BCUT2D eigenvalue weighted by Gasteiger charge is 2.16. The summed E-state index contributed by atoms with van der Waals surface area (Å²) in [5, 5.41) is 5.01. The fraction of sp³-hybridized carbons (Fsp3) is 0.333. The molecule has 1 aliphatic heterocycles. The van der Waals surface area contributed by atoms with E-state index in [4.69, 9.17) is 0 Å². The zero-order valence-electron chi connectivity index (χ0n) is 12.2. The molecule has 4 nitrogen and oxygen atoms in total. The van der Waals surface area contributed by atoms with Gasteiger partial charge in [-0.05, 0) is 31.2 Å². The zero-order chi connectivity index (χ0) is 15.4. The first-order valence-electron chi connectivity index (χ1n) is 7.04. The van der Waals surface area contributed by atoms with Crippen molar-refractivity contribution >= 4 is 46.6 Å². The number of anilines is 1. The van der Waals surface area contributed by atoms with Crippen molar-refractivity contribution in [3.8, 4) is 0 Å². The number of nitrogens with one attached hydrogen (secondary N) is 1. The van der Waals surface area contributed by atoms with Gasteiger partial charge < -0.3 is 10.2 Å². The number of carbonyl (C=O) groups excluding carboxylic acids is 1. The van der Waals surface area contributed by atoms with E-state index < -0.39 is 0 Å². The molecule has 1 aromatic heterocycles. The molecule has 116 valence electrons. The maximum absolute atomic E-state index is 12.1. The van der Waals surface area contributed by atoms with Gasteiger partial charge in [0.25, 0.3) is 0 Å². The van der Waals surface area contributed by atoms with Crippen molar-refractivity contribution in [3.63, 3.8) is 0 Å². The van der Waals surface area contributed by atoms with Crippen molar-refractivity contribution in [2.45, 2.75) is 16.2 Å². The predicted molar refractivity (Wildman–Crippen MR) is 95.3 cm³/mol. The first-order chi connectivity index (χ1) is 10.7. The second kappa shape index (κ2) is 7.39. The van der Waals surface area contributed by atoms with Crippen LogP contribution in [0.5, 0.6) is 0 Å². The topological polar surface area (TPSA) is 45.2 Å². The summed E-state index contributed by atoms with van der Waals surface area (Å²) in [6.45, 7) is 3.65. The molecule has 2 heterocycles. The lowest BCUT2D eigenvalue weighted by molar-refractivity contribution is 0.217. The van der Waals surface area contributed by atoms with Crippen molar-refractivity contribution in [1.82, 2.24) is 9.88 Å². The SMILES string of the molecule is Cc1csc(Sc2ccc(NC(=O)N3CCSCC3)cc2)n1. The Kier molecular flexibility index (Phi) is 5.28. The van der Waals surface area contributed by atoms with Crippen LogP contribution < -0.4 is 5.32 Å². The molecule has 0 aliphatic carbocycles. The third kappa shape index (κ3) is 4.18. The smallest absolute Gasteiger partial charge is 0.321 e. The summed E-state index contributed by atoms with van der Waals surface area (Å²) >= 11 is 5.19. The van der Waals surface area contributed by atoms with E-state index in [1.807, 2.05) is 53.2 Å². The number of urea groups is 1. The quantitative estimate of drug-likeness (QED) is 0.901. The Hall–Kier alpha value is -1.18. The van der Waals surface area contributed by atoms with E-state index >= 15 is 0 Å². The number of aryl methyl sites for hydroxylation is 1. The largest absolute Gasteiger partial charge is 0.323 e. The third-order valence-electron chi connectivity index (χ3n) is 3.21. The van der Waals surface area contributed by atoms with Gasteiger partial charge in [-0.1, -0.05) is 11.8 Å². The van der Waals surface area contributed by atoms with E-state index in [-0.39, 0.29) is 6.03 Å². The van der Waals surface area contributed by atoms with Crippen molar-refractivity contribution in [1.29, 1.82) is 0 Å². The number of nitrogens with zero attached hydrogens (tertiary/aromatic N) is 2. The minimum atomic E-state index is -0.00347. The summed E-state index contributed by atoms with van der Waals surface area (Å²) < 4.78 is 1.04. The maximum Gasteiger partial charge on any atom is 0.321 e. The lowest BCUT2D eigenvalue weighted by Crippen LogP contribution is -2.40. The van der Waals surface area contributed by atoms with Crippen LogP contribution in [0.2, 0.25) is 0 Å². The molecule has 1 fully saturated rings. The van der Waals surface area contributed by atoms with Crippen LogP contribution in [0.1, 0.15) is 5.69 Å². The van der Waals surface area contributed by atoms with E-state index in [0.717, 1.165) is 45.2 Å². The van der Waals surface area contributed by atoms with Gasteiger partial charge in [0.05, 0.1) is 0 Å². The van der Waals surface area contributed by atoms with Crippen molar-refractivity contribution < 1.29 is 4.79 Å². The van der Waals surface area contributed by atoms with Gasteiger partial charge in [0.2, 0.25) is 0 Å². The average molecular weight is 352 g/mol. The molecule has 0 radical (unpaired) electrons. The van der Waals surface area contributed by atoms with Gasteiger partial charge in [0.1, 0.15) is 0 Å². The summed E-state index contributed by atoms with van der Waals surface area (Å²) in [6, 6.07) is 7.92. The van der Waals surface area contributed by atoms with Crippen LogP contribution >= 0.6 is 34.9 Å². The Morgan fingerprint density at radius 3 is 2.64 bits per heavy atom. The normalized spacial score (nSPS) is 14.9. The number of rotatable bonds is 3. The highest BCUT2D eigenvalue weighted by molar-refractivity contribution is 8.01. The number of carbonyl (C=O) groups is 1. The molecule has 2 aromatic rings. The molecule has 0 bridgehead atoms. The number of amides is 2. The van der Waals surface area contributed by atoms with Gasteiger partial charge in [-0.2, -0.15) is 11.8 Å². The summed E-state index contributed by atoms with van der Waals surface area (Å²) in [7, 11) is 0. The van der Waals surface area contributed by atoms with Crippen molar-refractivity contribution in [3.05, 3.63) is 35.3 Å². The molecule has 1 aromatic carbocycles. The molecule has 1 saturated heterocycles. The minimum Gasteiger partial charge on any atom is -0.323 e. The van der Waals surface area contributed by atoms with Crippen LogP contribution in [0.15, 0.2) is 38.9 Å². The Balaban J connectivity index is 1.57. The standard InChI is InChI=1S/C15H17N3OS3/c1-11-10-21-15(16-11)22-13-4-2-12(3-5-13)17-14(19)18-6-8-20-9-7-18/h2-5,10H,6-9H2,1H3,(H,17,19). The zero-order valence-corrected chi connectivity index (χ0v) is 14.7. The van der Waals surface area contributed by atoms with Crippen LogP contribution in [0.3, 0.4) is 0 Å². The van der Waals surface area contributed by atoms with Gasteiger partial charge in [0, 0.05) is 46.3 Å². The summed E-state index contributed by atoms with van der Waals surface area (Å²) in [4.78, 5) is 19.6. The fourth-order valence-electron chi connectivity index (χ4n) is 2.06. The minimum absolute atomic E-state index is 0.00347. The van der Waals surface area contributed by atoms with Gasteiger partial charge in [-0.3, -0.25) is 0 Å². The van der Waals surface area contributed by atoms with Crippen LogP contribution in [0.25, 0.3) is 0 Å². The number of benzene rings is 1. The van der Waals surface area contributed by atoms with Gasteiger partial charge in [-0.25, -0.2) is 9.78 Å². The molecule has 0 unspecified atom stereocenters. The average Bonchev–Trinajstić information content (AvgIpc) is 2.95. The second-order valence-electron chi connectivity index (χ2n) is 4.91.